The lowest BCUT2D eigenvalue weighted by atomic mass is 10.2. The summed E-state index contributed by atoms with van der Waals surface area (Å²) in [6.07, 6.45) is 0. The largest absolute Gasteiger partial charge is 0.326 e. The predicted molar refractivity (Wildman–Crippen MR) is 106 cm³/mol. The number of nitrogens with zero attached hydrogens (tertiary/aromatic N) is 2. The minimum atomic E-state index is -0.485. The van der Waals surface area contributed by atoms with Gasteiger partial charge < -0.3 is 5.32 Å². The highest BCUT2D eigenvalue weighted by Gasteiger charge is 2.19. The lowest BCUT2D eigenvalue weighted by Crippen LogP contribution is -2.34. The predicted octanol–water partition coefficient (Wildman–Crippen LogP) is 5.49. The topological polar surface area (TPSA) is 75.5 Å². The third kappa shape index (κ3) is 4.83. The molecule has 0 aliphatic heterocycles. The molecule has 6 nitrogen and oxygen atoms in total. The minimum absolute atomic E-state index is 0.0788. The number of urea groups is 1. The first-order chi connectivity index (χ1) is 13.0. The number of anilines is 2. The number of non-ortho nitro benzene ring substituents is 1. The van der Waals surface area contributed by atoms with E-state index in [1.807, 2.05) is 30.3 Å². The normalized spacial score (nSPS) is 10.3. The van der Waals surface area contributed by atoms with Crippen molar-refractivity contribution in [2.24, 2.45) is 0 Å². The summed E-state index contributed by atoms with van der Waals surface area (Å²) in [4.78, 5) is 25.0. The van der Waals surface area contributed by atoms with Crippen LogP contribution in [0.1, 0.15) is 5.56 Å². The van der Waals surface area contributed by atoms with Crippen LogP contribution in [0.2, 0.25) is 5.02 Å². The van der Waals surface area contributed by atoms with Gasteiger partial charge in [-0.1, -0.05) is 48.0 Å². The molecule has 0 aromatic heterocycles. The fourth-order valence-corrected chi connectivity index (χ4v) is 2.67. The van der Waals surface area contributed by atoms with Crippen LogP contribution in [0.15, 0.2) is 78.9 Å². The standard InChI is InChI=1S/C20H16ClN3O3/c21-16-9-11-17(12-10-16)22-20(25)23(14-15-5-2-1-3-6-15)18-7-4-8-19(13-18)24(26)27/h1-13H,14H2,(H,22,25). The molecule has 1 N–H and O–H groups in total. The third-order valence-electron chi connectivity index (χ3n) is 3.88. The van der Waals surface area contributed by atoms with Crippen molar-refractivity contribution in [1.82, 2.24) is 0 Å². The second-order valence-electron chi connectivity index (χ2n) is 5.79. The van der Waals surface area contributed by atoms with Crippen molar-refractivity contribution in [3.05, 3.63) is 99.6 Å². The smallest absolute Gasteiger partial charge is 0.308 e. The molecule has 0 aliphatic carbocycles. The molecular weight excluding hydrogens is 366 g/mol. The van der Waals surface area contributed by atoms with Crippen LogP contribution in [0.25, 0.3) is 0 Å². The van der Waals surface area contributed by atoms with Gasteiger partial charge in [0.2, 0.25) is 0 Å². The summed E-state index contributed by atoms with van der Waals surface area (Å²) in [6, 6.07) is 21.7. The molecule has 0 aliphatic rings. The maximum Gasteiger partial charge on any atom is 0.326 e. The molecule has 3 aromatic rings. The number of nitro benzene ring substituents is 1. The van der Waals surface area contributed by atoms with Crippen molar-refractivity contribution in [2.75, 3.05) is 10.2 Å². The first kappa shape index (κ1) is 18.4. The first-order valence-corrected chi connectivity index (χ1v) is 8.53. The summed E-state index contributed by atoms with van der Waals surface area (Å²) >= 11 is 5.87. The molecule has 2 amide bonds. The number of amides is 2. The summed E-state index contributed by atoms with van der Waals surface area (Å²) in [5.41, 5.74) is 1.83. The number of carbonyl (C=O) groups is 1. The number of hydrogen-bond donors (Lipinski definition) is 1. The Bertz CT molecular complexity index is 946. The minimum Gasteiger partial charge on any atom is -0.308 e. The molecule has 0 saturated heterocycles. The van der Waals surface area contributed by atoms with Crippen molar-refractivity contribution in [3.8, 4) is 0 Å². The fraction of sp³-hybridized carbons (Fsp3) is 0.0500. The number of nitro groups is 1. The van der Waals surface area contributed by atoms with Gasteiger partial charge in [0.25, 0.3) is 5.69 Å². The van der Waals surface area contributed by atoms with Crippen LogP contribution in [-0.4, -0.2) is 11.0 Å². The monoisotopic (exact) mass is 381 g/mol. The van der Waals surface area contributed by atoms with Crippen LogP contribution in [-0.2, 0) is 6.54 Å². The number of benzene rings is 3. The summed E-state index contributed by atoms with van der Waals surface area (Å²) in [7, 11) is 0. The Morgan fingerprint density at radius 2 is 1.70 bits per heavy atom. The second-order valence-corrected chi connectivity index (χ2v) is 6.22. The first-order valence-electron chi connectivity index (χ1n) is 8.15. The van der Waals surface area contributed by atoms with Crippen LogP contribution >= 0.6 is 11.6 Å². The second kappa shape index (κ2) is 8.33. The summed E-state index contributed by atoms with van der Waals surface area (Å²) in [6.45, 7) is 0.265. The zero-order valence-electron chi connectivity index (χ0n) is 14.2. The van der Waals surface area contributed by atoms with E-state index in [-0.39, 0.29) is 12.2 Å². The number of carbonyl (C=O) groups excluding carboxylic acids is 1. The lowest BCUT2D eigenvalue weighted by Gasteiger charge is -2.23. The van der Waals surface area contributed by atoms with Crippen molar-refractivity contribution < 1.29 is 9.72 Å². The molecule has 0 spiro atoms. The maximum absolute atomic E-state index is 12.9. The van der Waals surface area contributed by atoms with E-state index < -0.39 is 11.0 Å². The molecule has 0 saturated carbocycles. The van der Waals surface area contributed by atoms with E-state index in [1.54, 1.807) is 36.4 Å². The zero-order chi connectivity index (χ0) is 19.2. The highest BCUT2D eigenvalue weighted by Crippen LogP contribution is 2.24. The van der Waals surface area contributed by atoms with Crippen molar-refractivity contribution in [2.45, 2.75) is 6.54 Å². The zero-order valence-corrected chi connectivity index (χ0v) is 15.0. The highest BCUT2D eigenvalue weighted by molar-refractivity contribution is 6.30. The molecule has 0 unspecified atom stereocenters. The molecule has 27 heavy (non-hydrogen) atoms. The Morgan fingerprint density at radius 3 is 2.37 bits per heavy atom. The molecule has 7 heteroatoms. The van der Waals surface area contributed by atoms with Crippen LogP contribution in [0.3, 0.4) is 0 Å². The van der Waals surface area contributed by atoms with Gasteiger partial charge in [-0.3, -0.25) is 15.0 Å². The fourth-order valence-electron chi connectivity index (χ4n) is 2.54. The van der Waals surface area contributed by atoms with Gasteiger partial charge in [0.15, 0.2) is 0 Å². The highest BCUT2D eigenvalue weighted by atomic mass is 35.5. The van der Waals surface area contributed by atoms with Crippen LogP contribution in [0.4, 0.5) is 21.9 Å². The molecule has 0 radical (unpaired) electrons. The van der Waals surface area contributed by atoms with Crippen LogP contribution in [0.5, 0.6) is 0 Å². The molecule has 0 heterocycles. The van der Waals surface area contributed by atoms with Gasteiger partial charge in [-0.2, -0.15) is 0 Å². The van der Waals surface area contributed by atoms with E-state index in [9.17, 15) is 14.9 Å². The van der Waals surface area contributed by atoms with Crippen molar-refractivity contribution >= 4 is 34.7 Å². The Labute approximate surface area is 161 Å². The molecule has 0 atom stereocenters. The SMILES string of the molecule is O=C(Nc1ccc(Cl)cc1)N(Cc1ccccc1)c1cccc([N+](=O)[O-])c1. The van der Waals surface area contributed by atoms with E-state index in [0.29, 0.717) is 16.4 Å². The lowest BCUT2D eigenvalue weighted by molar-refractivity contribution is -0.384. The van der Waals surface area contributed by atoms with Gasteiger partial charge in [-0.05, 0) is 35.9 Å². The Hall–Kier alpha value is -3.38. The third-order valence-corrected chi connectivity index (χ3v) is 4.13. The van der Waals surface area contributed by atoms with Crippen LogP contribution in [0, 0.1) is 10.1 Å². The van der Waals surface area contributed by atoms with Gasteiger partial charge in [0.1, 0.15) is 0 Å². The van der Waals surface area contributed by atoms with Gasteiger partial charge in [-0.15, -0.1) is 0 Å². The summed E-state index contributed by atoms with van der Waals surface area (Å²) in [5, 5.41) is 14.5. The molecular formula is C20H16ClN3O3. The summed E-state index contributed by atoms with van der Waals surface area (Å²) in [5.74, 6) is 0. The van der Waals surface area contributed by atoms with Gasteiger partial charge in [-0.25, -0.2) is 4.79 Å². The van der Waals surface area contributed by atoms with Crippen LogP contribution < -0.4 is 10.2 Å². The molecule has 136 valence electrons. The van der Waals surface area contributed by atoms with E-state index in [4.69, 9.17) is 11.6 Å². The number of hydrogen-bond acceptors (Lipinski definition) is 3. The Balaban J connectivity index is 1.91. The molecule has 3 aromatic carbocycles. The number of halogens is 1. The van der Waals surface area contributed by atoms with Crippen molar-refractivity contribution in [1.29, 1.82) is 0 Å². The van der Waals surface area contributed by atoms with Crippen molar-refractivity contribution in [3.63, 3.8) is 0 Å². The number of nitrogens with one attached hydrogen (secondary N) is 1. The molecule has 0 fully saturated rings. The average molecular weight is 382 g/mol. The van der Waals surface area contributed by atoms with E-state index in [1.165, 1.54) is 17.0 Å². The Kier molecular flexibility index (Phi) is 5.68. The average Bonchev–Trinajstić information content (AvgIpc) is 2.68. The van der Waals surface area contributed by atoms with E-state index >= 15 is 0 Å². The molecule has 3 rings (SSSR count). The van der Waals surface area contributed by atoms with Gasteiger partial charge in [0.05, 0.1) is 17.2 Å². The molecule has 0 bridgehead atoms. The van der Waals surface area contributed by atoms with E-state index in [0.717, 1.165) is 5.56 Å². The number of rotatable bonds is 5. The van der Waals surface area contributed by atoms with Gasteiger partial charge >= 0.3 is 6.03 Å². The quantitative estimate of drug-likeness (QED) is 0.469. The van der Waals surface area contributed by atoms with E-state index in [2.05, 4.69) is 5.32 Å². The van der Waals surface area contributed by atoms with Gasteiger partial charge in [0, 0.05) is 22.8 Å². The maximum atomic E-state index is 12.9. The summed E-state index contributed by atoms with van der Waals surface area (Å²) < 4.78 is 0. The Morgan fingerprint density at radius 1 is 1.00 bits per heavy atom.